The maximum atomic E-state index is 11.3. The van der Waals surface area contributed by atoms with Crippen molar-refractivity contribution in [3.63, 3.8) is 0 Å². The van der Waals surface area contributed by atoms with Gasteiger partial charge in [0, 0.05) is 25.5 Å². The summed E-state index contributed by atoms with van der Waals surface area (Å²) in [6.45, 7) is 3.21. The topological polar surface area (TPSA) is 39.4 Å². The molecule has 0 spiro atoms. The lowest BCUT2D eigenvalue weighted by Gasteiger charge is -2.22. The Bertz CT molecular complexity index is 576. The maximum Gasteiger partial charge on any atom is 0.194 e. The van der Waals surface area contributed by atoms with Crippen molar-refractivity contribution in [3.8, 4) is 0 Å². The van der Waals surface area contributed by atoms with Crippen LogP contribution in [0, 0.1) is 0 Å². The molecule has 1 fully saturated rings. The van der Waals surface area contributed by atoms with Crippen molar-refractivity contribution in [1.82, 2.24) is 0 Å². The SMILES string of the molecule is CC(=O)c1cc2cc(C3CCOCC3)ccc2o1. The Morgan fingerprint density at radius 2 is 2.00 bits per heavy atom. The van der Waals surface area contributed by atoms with Gasteiger partial charge < -0.3 is 9.15 Å². The van der Waals surface area contributed by atoms with Crippen molar-refractivity contribution in [2.75, 3.05) is 13.2 Å². The molecule has 1 aliphatic heterocycles. The van der Waals surface area contributed by atoms with Crippen LogP contribution in [0.25, 0.3) is 11.0 Å². The molecule has 0 radical (unpaired) electrons. The number of fused-ring (bicyclic) bond motifs is 1. The highest BCUT2D eigenvalue weighted by Crippen LogP contribution is 2.30. The first kappa shape index (κ1) is 11.5. The molecule has 2 heterocycles. The number of hydrogen-bond donors (Lipinski definition) is 0. The van der Waals surface area contributed by atoms with Crippen molar-refractivity contribution in [1.29, 1.82) is 0 Å². The third-order valence-corrected chi connectivity index (χ3v) is 3.58. The first-order valence-corrected chi connectivity index (χ1v) is 6.36. The van der Waals surface area contributed by atoms with Crippen molar-refractivity contribution < 1.29 is 13.9 Å². The van der Waals surface area contributed by atoms with Crippen LogP contribution in [-0.2, 0) is 4.74 Å². The Balaban J connectivity index is 1.96. The van der Waals surface area contributed by atoms with Gasteiger partial charge in [-0.05, 0) is 42.5 Å². The summed E-state index contributed by atoms with van der Waals surface area (Å²) < 4.78 is 10.9. The van der Waals surface area contributed by atoms with E-state index in [1.165, 1.54) is 12.5 Å². The van der Waals surface area contributed by atoms with Gasteiger partial charge in [-0.15, -0.1) is 0 Å². The van der Waals surface area contributed by atoms with Crippen LogP contribution in [0.5, 0.6) is 0 Å². The van der Waals surface area contributed by atoms with Gasteiger partial charge in [0.2, 0.25) is 0 Å². The smallest absolute Gasteiger partial charge is 0.194 e. The predicted molar refractivity (Wildman–Crippen MR) is 69.0 cm³/mol. The lowest BCUT2D eigenvalue weighted by Crippen LogP contribution is -2.13. The summed E-state index contributed by atoms with van der Waals surface area (Å²) in [5, 5.41) is 1.02. The fourth-order valence-electron chi connectivity index (χ4n) is 2.52. The van der Waals surface area contributed by atoms with Gasteiger partial charge in [0.1, 0.15) is 5.58 Å². The second-order valence-corrected chi connectivity index (χ2v) is 4.85. The lowest BCUT2D eigenvalue weighted by molar-refractivity contribution is 0.0853. The molecule has 3 rings (SSSR count). The number of Topliss-reactive ketones (excluding diaryl/α,β-unsaturated/α-hetero) is 1. The minimum Gasteiger partial charge on any atom is -0.453 e. The van der Waals surface area contributed by atoms with E-state index in [1.807, 2.05) is 12.1 Å². The average molecular weight is 244 g/mol. The largest absolute Gasteiger partial charge is 0.453 e. The molecule has 0 unspecified atom stereocenters. The first-order valence-electron chi connectivity index (χ1n) is 6.36. The van der Waals surface area contributed by atoms with Gasteiger partial charge >= 0.3 is 0 Å². The first-order chi connectivity index (χ1) is 8.74. The molecule has 3 heteroatoms. The highest BCUT2D eigenvalue weighted by atomic mass is 16.5. The zero-order valence-electron chi connectivity index (χ0n) is 10.4. The van der Waals surface area contributed by atoms with Crippen LogP contribution in [-0.4, -0.2) is 19.0 Å². The highest BCUT2D eigenvalue weighted by molar-refractivity contribution is 5.96. The van der Waals surface area contributed by atoms with Crippen molar-refractivity contribution in [2.24, 2.45) is 0 Å². The molecule has 0 atom stereocenters. The summed E-state index contributed by atoms with van der Waals surface area (Å²) >= 11 is 0. The molecule has 3 nitrogen and oxygen atoms in total. The molecule has 1 saturated heterocycles. The van der Waals surface area contributed by atoms with Crippen LogP contribution in [0.3, 0.4) is 0 Å². The fraction of sp³-hybridized carbons (Fsp3) is 0.400. The number of carbonyl (C=O) groups excluding carboxylic acids is 1. The average Bonchev–Trinajstić information content (AvgIpc) is 2.82. The summed E-state index contributed by atoms with van der Waals surface area (Å²) in [5.41, 5.74) is 2.11. The summed E-state index contributed by atoms with van der Waals surface area (Å²) in [6.07, 6.45) is 2.14. The summed E-state index contributed by atoms with van der Waals surface area (Å²) in [5.74, 6) is 0.978. The number of furan rings is 1. The van der Waals surface area contributed by atoms with E-state index in [0.717, 1.165) is 37.0 Å². The van der Waals surface area contributed by atoms with E-state index < -0.39 is 0 Å². The minimum absolute atomic E-state index is 0.0289. The standard InChI is InChI=1S/C15H16O3/c1-10(16)15-9-13-8-12(2-3-14(13)18-15)11-4-6-17-7-5-11/h2-3,8-9,11H,4-7H2,1H3. The zero-order chi connectivity index (χ0) is 12.5. The van der Waals surface area contributed by atoms with E-state index in [2.05, 4.69) is 12.1 Å². The molecule has 94 valence electrons. The molecule has 2 aromatic rings. The van der Waals surface area contributed by atoms with E-state index in [0.29, 0.717) is 11.7 Å². The van der Waals surface area contributed by atoms with Crippen LogP contribution in [0.2, 0.25) is 0 Å². The van der Waals surface area contributed by atoms with Crippen molar-refractivity contribution in [3.05, 3.63) is 35.6 Å². The van der Waals surface area contributed by atoms with Gasteiger partial charge in [-0.1, -0.05) is 6.07 Å². The van der Waals surface area contributed by atoms with Gasteiger partial charge in [-0.25, -0.2) is 0 Å². The van der Waals surface area contributed by atoms with Crippen LogP contribution in [0.4, 0.5) is 0 Å². The third-order valence-electron chi connectivity index (χ3n) is 3.58. The molecular weight excluding hydrogens is 228 g/mol. The number of hydrogen-bond acceptors (Lipinski definition) is 3. The number of carbonyl (C=O) groups is 1. The zero-order valence-corrected chi connectivity index (χ0v) is 10.4. The summed E-state index contributed by atoms with van der Waals surface area (Å²) in [7, 11) is 0. The Kier molecular flexibility index (Phi) is 2.92. The quantitative estimate of drug-likeness (QED) is 0.759. The fourth-order valence-corrected chi connectivity index (χ4v) is 2.52. The molecule has 0 amide bonds. The molecule has 1 aromatic carbocycles. The van der Waals surface area contributed by atoms with Gasteiger partial charge in [0.25, 0.3) is 0 Å². The van der Waals surface area contributed by atoms with Gasteiger partial charge in [-0.2, -0.15) is 0 Å². The molecule has 0 bridgehead atoms. The van der Waals surface area contributed by atoms with Crippen LogP contribution in [0.15, 0.2) is 28.7 Å². The van der Waals surface area contributed by atoms with Crippen LogP contribution >= 0.6 is 0 Å². The summed E-state index contributed by atoms with van der Waals surface area (Å²) in [6, 6.07) is 8.04. The molecule has 1 aliphatic rings. The molecule has 0 N–H and O–H groups in total. The second-order valence-electron chi connectivity index (χ2n) is 4.85. The normalized spacial score (nSPS) is 17.2. The Hall–Kier alpha value is -1.61. The molecule has 0 aliphatic carbocycles. The molecule has 0 saturated carbocycles. The monoisotopic (exact) mass is 244 g/mol. The molecular formula is C15H16O3. The van der Waals surface area contributed by atoms with E-state index in [9.17, 15) is 4.79 Å². The van der Waals surface area contributed by atoms with Gasteiger partial charge in [0.05, 0.1) is 0 Å². The molecule has 18 heavy (non-hydrogen) atoms. The number of benzene rings is 1. The van der Waals surface area contributed by atoms with Crippen LogP contribution < -0.4 is 0 Å². The van der Waals surface area contributed by atoms with Crippen molar-refractivity contribution in [2.45, 2.75) is 25.7 Å². The number of ether oxygens (including phenoxy) is 1. The van der Waals surface area contributed by atoms with Crippen LogP contribution in [0.1, 0.15) is 41.8 Å². The third kappa shape index (κ3) is 2.06. The maximum absolute atomic E-state index is 11.3. The Morgan fingerprint density at radius 3 is 2.72 bits per heavy atom. The predicted octanol–water partition coefficient (Wildman–Crippen LogP) is 3.53. The highest BCUT2D eigenvalue weighted by Gasteiger charge is 2.17. The van der Waals surface area contributed by atoms with E-state index in [4.69, 9.17) is 9.15 Å². The van der Waals surface area contributed by atoms with Gasteiger partial charge in [0.15, 0.2) is 11.5 Å². The minimum atomic E-state index is -0.0289. The second kappa shape index (κ2) is 4.58. The van der Waals surface area contributed by atoms with E-state index in [-0.39, 0.29) is 5.78 Å². The van der Waals surface area contributed by atoms with Crippen molar-refractivity contribution >= 4 is 16.8 Å². The lowest BCUT2D eigenvalue weighted by atomic mass is 9.91. The molecule has 1 aromatic heterocycles. The number of rotatable bonds is 2. The number of ketones is 1. The Morgan fingerprint density at radius 1 is 1.22 bits per heavy atom. The summed E-state index contributed by atoms with van der Waals surface area (Å²) in [4.78, 5) is 11.3. The Labute approximate surface area is 106 Å². The van der Waals surface area contributed by atoms with E-state index in [1.54, 1.807) is 0 Å². The van der Waals surface area contributed by atoms with E-state index >= 15 is 0 Å². The van der Waals surface area contributed by atoms with Gasteiger partial charge in [-0.3, -0.25) is 4.79 Å².